The SMILES string of the molecule is CC[C@H](C)[C@@H](CO)NS(=O)(=O)c1cc(Cl)sc1Cl. The van der Waals surface area contributed by atoms with Gasteiger partial charge in [-0.25, -0.2) is 13.1 Å². The second-order valence-electron chi connectivity index (χ2n) is 3.98. The summed E-state index contributed by atoms with van der Waals surface area (Å²) in [5.41, 5.74) is 0. The molecule has 0 unspecified atom stereocenters. The van der Waals surface area contributed by atoms with Crippen molar-refractivity contribution in [1.29, 1.82) is 0 Å². The monoisotopic (exact) mass is 331 g/mol. The van der Waals surface area contributed by atoms with Crippen LogP contribution in [0.5, 0.6) is 0 Å². The fraction of sp³-hybridized carbons (Fsp3) is 0.600. The normalized spacial score (nSPS) is 15.6. The maximum absolute atomic E-state index is 12.1. The van der Waals surface area contributed by atoms with Crippen LogP contribution in [0.25, 0.3) is 0 Å². The maximum atomic E-state index is 12.1. The van der Waals surface area contributed by atoms with Crippen molar-refractivity contribution in [3.63, 3.8) is 0 Å². The first kappa shape index (κ1) is 16.2. The molecule has 0 aromatic carbocycles. The zero-order valence-corrected chi connectivity index (χ0v) is 13.1. The van der Waals surface area contributed by atoms with E-state index >= 15 is 0 Å². The lowest BCUT2D eigenvalue weighted by Crippen LogP contribution is -2.41. The Hall–Kier alpha value is 0.150. The average molecular weight is 332 g/mol. The summed E-state index contributed by atoms with van der Waals surface area (Å²) in [6.45, 7) is 3.53. The van der Waals surface area contributed by atoms with Gasteiger partial charge in [0, 0.05) is 6.04 Å². The quantitative estimate of drug-likeness (QED) is 0.842. The van der Waals surface area contributed by atoms with Gasteiger partial charge in [0.1, 0.15) is 9.23 Å². The number of nitrogens with one attached hydrogen (secondary N) is 1. The van der Waals surface area contributed by atoms with Gasteiger partial charge in [0.2, 0.25) is 10.0 Å². The van der Waals surface area contributed by atoms with Crippen LogP contribution in [0.3, 0.4) is 0 Å². The molecule has 0 saturated heterocycles. The summed E-state index contributed by atoms with van der Waals surface area (Å²) in [7, 11) is -3.75. The van der Waals surface area contributed by atoms with Gasteiger partial charge in [0.15, 0.2) is 0 Å². The molecular weight excluding hydrogens is 317 g/mol. The Balaban J connectivity index is 2.97. The maximum Gasteiger partial charge on any atom is 0.243 e. The highest BCUT2D eigenvalue weighted by molar-refractivity contribution is 7.89. The van der Waals surface area contributed by atoms with Crippen LogP contribution >= 0.6 is 34.5 Å². The lowest BCUT2D eigenvalue weighted by molar-refractivity contribution is 0.219. The zero-order valence-electron chi connectivity index (χ0n) is 9.98. The predicted octanol–water partition coefficient (Wildman–Crippen LogP) is 2.74. The number of rotatable bonds is 6. The lowest BCUT2D eigenvalue weighted by atomic mass is 10.0. The van der Waals surface area contributed by atoms with Gasteiger partial charge in [0.05, 0.1) is 10.9 Å². The molecule has 1 heterocycles. The molecule has 104 valence electrons. The first-order valence-electron chi connectivity index (χ1n) is 5.39. The molecule has 8 heteroatoms. The number of halogens is 2. The van der Waals surface area contributed by atoms with E-state index in [2.05, 4.69) is 4.72 Å². The molecule has 0 bridgehead atoms. The Morgan fingerprint density at radius 1 is 1.50 bits per heavy atom. The molecule has 0 aliphatic heterocycles. The summed E-state index contributed by atoms with van der Waals surface area (Å²) in [6, 6.07) is 0.775. The molecule has 0 spiro atoms. The summed E-state index contributed by atoms with van der Waals surface area (Å²) in [6.07, 6.45) is 0.756. The molecule has 0 radical (unpaired) electrons. The van der Waals surface area contributed by atoms with Crippen LogP contribution in [0.4, 0.5) is 0 Å². The number of sulfonamides is 1. The van der Waals surface area contributed by atoms with Crippen LogP contribution in [0, 0.1) is 5.92 Å². The van der Waals surface area contributed by atoms with Gasteiger partial charge in [-0.05, 0) is 12.0 Å². The summed E-state index contributed by atoms with van der Waals surface area (Å²) in [5.74, 6) is 0.0256. The molecule has 2 atom stereocenters. The molecule has 0 amide bonds. The van der Waals surface area contributed by atoms with E-state index in [0.29, 0.717) is 4.34 Å². The number of hydrogen-bond donors (Lipinski definition) is 2. The second-order valence-corrected chi connectivity index (χ2v) is 7.95. The fourth-order valence-electron chi connectivity index (χ4n) is 1.39. The van der Waals surface area contributed by atoms with Gasteiger partial charge in [-0.3, -0.25) is 0 Å². The van der Waals surface area contributed by atoms with Gasteiger partial charge in [-0.15, -0.1) is 11.3 Å². The van der Waals surface area contributed by atoms with Crippen molar-refractivity contribution in [1.82, 2.24) is 4.72 Å². The molecule has 1 aromatic rings. The van der Waals surface area contributed by atoms with Crippen molar-refractivity contribution < 1.29 is 13.5 Å². The second kappa shape index (κ2) is 6.54. The number of aliphatic hydroxyl groups excluding tert-OH is 1. The largest absolute Gasteiger partial charge is 0.395 e. The summed E-state index contributed by atoms with van der Waals surface area (Å²) >= 11 is 12.5. The van der Waals surface area contributed by atoms with E-state index in [1.807, 2.05) is 13.8 Å². The third-order valence-electron chi connectivity index (χ3n) is 2.75. The first-order chi connectivity index (χ1) is 8.31. The molecule has 0 saturated carbocycles. The molecule has 18 heavy (non-hydrogen) atoms. The van der Waals surface area contributed by atoms with Gasteiger partial charge in [0.25, 0.3) is 0 Å². The minimum absolute atomic E-state index is 0.0256. The van der Waals surface area contributed by atoms with Gasteiger partial charge >= 0.3 is 0 Å². The van der Waals surface area contributed by atoms with E-state index in [9.17, 15) is 13.5 Å². The lowest BCUT2D eigenvalue weighted by Gasteiger charge is -2.21. The minimum atomic E-state index is -3.75. The Kier molecular flexibility index (Phi) is 5.89. The van der Waals surface area contributed by atoms with Crippen LogP contribution in [0.1, 0.15) is 20.3 Å². The summed E-state index contributed by atoms with van der Waals surface area (Å²) < 4.78 is 27.1. The third-order valence-corrected chi connectivity index (χ3v) is 5.99. The van der Waals surface area contributed by atoms with Crippen LogP contribution in [-0.4, -0.2) is 26.2 Å². The van der Waals surface area contributed by atoms with Crippen molar-refractivity contribution >= 4 is 44.6 Å². The number of thiophene rings is 1. The molecule has 2 N–H and O–H groups in total. The average Bonchev–Trinajstić information content (AvgIpc) is 2.65. The topological polar surface area (TPSA) is 66.4 Å². The van der Waals surface area contributed by atoms with Gasteiger partial charge in [-0.2, -0.15) is 0 Å². The van der Waals surface area contributed by atoms with Crippen molar-refractivity contribution in [3.8, 4) is 0 Å². The Labute approximate surface area is 121 Å². The summed E-state index contributed by atoms with van der Waals surface area (Å²) in [5, 5.41) is 9.23. The van der Waals surface area contributed by atoms with E-state index in [-0.39, 0.29) is 21.8 Å². The fourth-order valence-corrected chi connectivity index (χ4v) is 4.87. The Morgan fingerprint density at radius 2 is 2.11 bits per heavy atom. The van der Waals surface area contributed by atoms with E-state index < -0.39 is 16.1 Å². The van der Waals surface area contributed by atoms with Crippen LogP contribution < -0.4 is 4.72 Å². The van der Waals surface area contributed by atoms with Crippen LogP contribution in [0.15, 0.2) is 11.0 Å². The highest BCUT2D eigenvalue weighted by atomic mass is 35.5. The summed E-state index contributed by atoms with van der Waals surface area (Å²) in [4.78, 5) is -0.0408. The molecular formula is C10H15Cl2NO3S2. The molecule has 0 aliphatic carbocycles. The minimum Gasteiger partial charge on any atom is -0.395 e. The van der Waals surface area contributed by atoms with E-state index in [1.54, 1.807) is 0 Å². The smallest absolute Gasteiger partial charge is 0.243 e. The number of aliphatic hydroxyl groups is 1. The predicted molar refractivity (Wildman–Crippen MR) is 75.0 cm³/mol. The van der Waals surface area contributed by atoms with Crippen LogP contribution in [-0.2, 0) is 10.0 Å². The van der Waals surface area contributed by atoms with Crippen molar-refractivity contribution in [2.24, 2.45) is 5.92 Å². The van der Waals surface area contributed by atoms with Crippen molar-refractivity contribution in [2.75, 3.05) is 6.61 Å². The highest BCUT2D eigenvalue weighted by Crippen LogP contribution is 2.34. The molecule has 4 nitrogen and oxygen atoms in total. The number of hydrogen-bond acceptors (Lipinski definition) is 4. The molecule has 1 rings (SSSR count). The van der Waals surface area contributed by atoms with Crippen molar-refractivity contribution in [2.45, 2.75) is 31.2 Å². The first-order valence-corrected chi connectivity index (χ1v) is 8.45. The Morgan fingerprint density at radius 3 is 2.50 bits per heavy atom. The highest BCUT2D eigenvalue weighted by Gasteiger charge is 2.26. The van der Waals surface area contributed by atoms with E-state index in [0.717, 1.165) is 17.8 Å². The van der Waals surface area contributed by atoms with Crippen molar-refractivity contribution in [3.05, 3.63) is 14.7 Å². The standard InChI is InChI=1S/C10H15Cl2NO3S2/c1-3-6(2)7(5-14)13-18(15,16)8-4-9(11)17-10(8)12/h4,6-7,13-14H,3,5H2,1-2H3/t6-,7+/m0/s1. The van der Waals surface area contributed by atoms with Crippen LogP contribution in [0.2, 0.25) is 8.67 Å². The molecule has 1 aromatic heterocycles. The Bertz CT molecular complexity index is 501. The zero-order chi connectivity index (χ0) is 13.9. The van der Waals surface area contributed by atoms with E-state index in [4.69, 9.17) is 23.2 Å². The molecule has 0 fully saturated rings. The van der Waals surface area contributed by atoms with Gasteiger partial charge in [-0.1, -0.05) is 43.5 Å². The third kappa shape index (κ3) is 3.82. The molecule has 0 aliphatic rings. The van der Waals surface area contributed by atoms with E-state index in [1.165, 1.54) is 6.07 Å². The van der Waals surface area contributed by atoms with Gasteiger partial charge < -0.3 is 5.11 Å².